The van der Waals surface area contributed by atoms with Crippen molar-refractivity contribution >= 4 is 17.7 Å². The zero-order valence-corrected chi connectivity index (χ0v) is 20.1. The Morgan fingerprint density at radius 3 is 2.55 bits per heavy atom. The summed E-state index contributed by atoms with van der Waals surface area (Å²) in [4.78, 5) is 46.3. The van der Waals surface area contributed by atoms with Gasteiger partial charge >= 0.3 is 0 Å². The van der Waals surface area contributed by atoms with Crippen LogP contribution in [0, 0.1) is 17.8 Å². The number of rotatable bonds is 7. The molecule has 1 spiro atoms. The fourth-order valence-electron chi connectivity index (χ4n) is 5.98. The third-order valence-corrected chi connectivity index (χ3v) is 7.73. The fraction of sp³-hybridized carbons (Fsp3) is 0.720. The van der Waals surface area contributed by atoms with Crippen LogP contribution in [0.3, 0.4) is 0 Å². The predicted molar refractivity (Wildman–Crippen MR) is 123 cm³/mol. The second-order valence-corrected chi connectivity index (χ2v) is 10.1. The first-order chi connectivity index (χ1) is 15.8. The minimum absolute atomic E-state index is 0.0633. The van der Waals surface area contributed by atoms with E-state index in [-0.39, 0.29) is 30.2 Å². The number of nitrogens with zero attached hydrogens (tertiary/aromatic N) is 3. The Bertz CT molecular complexity index is 855. The molecule has 8 heteroatoms. The van der Waals surface area contributed by atoms with Crippen molar-refractivity contribution in [2.24, 2.45) is 17.8 Å². The molecule has 4 aliphatic heterocycles. The molecule has 0 aromatic heterocycles. The number of ether oxygens (including phenoxy) is 1. The van der Waals surface area contributed by atoms with E-state index < -0.39 is 35.6 Å². The van der Waals surface area contributed by atoms with E-state index in [1.54, 1.807) is 21.7 Å². The van der Waals surface area contributed by atoms with Gasteiger partial charge in [-0.25, -0.2) is 0 Å². The molecular formula is C25H37N3O5. The molecule has 6 atom stereocenters. The van der Waals surface area contributed by atoms with Crippen LogP contribution >= 0.6 is 0 Å². The van der Waals surface area contributed by atoms with Gasteiger partial charge in [0.1, 0.15) is 11.6 Å². The number of amides is 3. The van der Waals surface area contributed by atoms with E-state index in [4.69, 9.17) is 4.74 Å². The number of hydrogen-bond donors (Lipinski definition) is 1. The molecule has 1 N–H and O–H groups in total. The van der Waals surface area contributed by atoms with Gasteiger partial charge in [-0.15, -0.1) is 0 Å². The summed E-state index contributed by atoms with van der Waals surface area (Å²) >= 11 is 0. The van der Waals surface area contributed by atoms with Gasteiger partial charge in [-0.3, -0.25) is 14.4 Å². The Kier molecular flexibility index (Phi) is 6.69. The Balaban J connectivity index is 1.81. The first kappa shape index (κ1) is 24.0. The zero-order chi connectivity index (χ0) is 23.9. The summed E-state index contributed by atoms with van der Waals surface area (Å²) in [5.41, 5.74) is -1.22. The molecule has 3 amide bonds. The van der Waals surface area contributed by atoms with Gasteiger partial charge in [-0.2, -0.15) is 0 Å². The highest BCUT2D eigenvalue weighted by Crippen LogP contribution is 2.54. The molecule has 0 aliphatic carbocycles. The summed E-state index contributed by atoms with van der Waals surface area (Å²) in [6, 6.07) is -1.43. The highest BCUT2D eigenvalue weighted by atomic mass is 16.5. The Morgan fingerprint density at radius 2 is 1.88 bits per heavy atom. The van der Waals surface area contributed by atoms with E-state index in [0.717, 1.165) is 19.3 Å². The van der Waals surface area contributed by atoms with Crippen molar-refractivity contribution in [2.75, 3.05) is 33.3 Å². The van der Waals surface area contributed by atoms with Crippen molar-refractivity contribution in [1.29, 1.82) is 0 Å². The molecule has 0 aromatic carbocycles. The molecule has 33 heavy (non-hydrogen) atoms. The smallest absolute Gasteiger partial charge is 0.249 e. The number of likely N-dealkylation sites (N-methyl/N-ethyl adjacent to an activating group) is 1. The van der Waals surface area contributed by atoms with Crippen molar-refractivity contribution < 1.29 is 24.2 Å². The van der Waals surface area contributed by atoms with E-state index in [1.165, 1.54) is 0 Å². The number of hydrogen-bond acceptors (Lipinski definition) is 5. The molecule has 0 radical (unpaired) electrons. The van der Waals surface area contributed by atoms with Gasteiger partial charge in [0.2, 0.25) is 17.7 Å². The van der Waals surface area contributed by atoms with Crippen LogP contribution in [0.25, 0.3) is 0 Å². The van der Waals surface area contributed by atoms with Gasteiger partial charge in [0, 0.05) is 26.7 Å². The number of unbranched alkanes of at least 4 members (excludes halogenated alkanes) is 2. The topological polar surface area (TPSA) is 90.4 Å². The van der Waals surface area contributed by atoms with Crippen molar-refractivity contribution in [1.82, 2.24) is 14.7 Å². The van der Waals surface area contributed by atoms with Gasteiger partial charge in [-0.1, -0.05) is 57.9 Å². The Hall–Kier alpha value is -2.19. The van der Waals surface area contributed by atoms with Crippen molar-refractivity contribution in [3.8, 4) is 0 Å². The molecule has 8 nitrogen and oxygen atoms in total. The van der Waals surface area contributed by atoms with E-state index >= 15 is 0 Å². The second-order valence-electron chi connectivity index (χ2n) is 10.1. The summed E-state index contributed by atoms with van der Waals surface area (Å²) in [5, 5.41) is 10.2. The van der Waals surface area contributed by atoms with Crippen LogP contribution < -0.4 is 0 Å². The number of carbonyl (C=O) groups is 3. The van der Waals surface area contributed by atoms with E-state index in [1.807, 2.05) is 38.2 Å². The number of aliphatic hydroxyl groups excluding tert-OH is 1. The minimum atomic E-state index is -1.22. The summed E-state index contributed by atoms with van der Waals surface area (Å²) < 4.78 is 6.57. The van der Waals surface area contributed by atoms with Crippen molar-refractivity contribution in [3.05, 3.63) is 24.3 Å². The summed E-state index contributed by atoms with van der Waals surface area (Å²) in [6.07, 6.45) is 9.93. The number of fused-ring (bicyclic) bond motifs is 2. The first-order valence-corrected chi connectivity index (χ1v) is 12.3. The number of likely N-dealkylation sites (tertiary alicyclic amines) is 1. The van der Waals surface area contributed by atoms with Crippen LogP contribution in [-0.4, -0.2) is 94.6 Å². The molecule has 0 aromatic rings. The lowest BCUT2D eigenvalue weighted by Crippen LogP contribution is -2.59. The second kappa shape index (κ2) is 9.22. The maximum absolute atomic E-state index is 14.0. The fourth-order valence-corrected chi connectivity index (χ4v) is 5.98. The molecule has 2 fully saturated rings. The minimum Gasteiger partial charge on any atom is -0.394 e. The average molecular weight is 460 g/mol. The SMILES string of the molecule is CCCCCN1CC=C[C@]23O[C@@H]4C=CCN(C)C(=O)[C@@H]4[C@H]2C(=O)N([C@@H](CO)C(C)C)C3C1=O. The molecule has 2 saturated heterocycles. The third-order valence-electron chi connectivity index (χ3n) is 7.73. The van der Waals surface area contributed by atoms with Gasteiger partial charge in [-0.05, 0) is 12.3 Å². The van der Waals surface area contributed by atoms with Crippen molar-refractivity contribution in [3.63, 3.8) is 0 Å². The van der Waals surface area contributed by atoms with Gasteiger partial charge < -0.3 is 24.5 Å². The lowest BCUT2D eigenvalue weighted by molar-refractivity contribution is -0.152. The molecule has 0 saturated carbocycles. The van der Waals surface area contributed by atoms with Crippen LogP contribution in [0.2, 0.25) is 0 Å². The number of aliphatic hydroxyl groups is 1. The number of carbonyl (C=O) groups excluding carboxylic acids is 3. The average Bonchev–Trinajstić information content (AvgIpc) is 3.10. The summed E-state index contributed by atoms with van der Waals surface area (Å²) in [5.74, 6) is -2.13. The van der Waals surface area contributed by atoms with Gasteiger partial charge in [0.15, 0.2) is 0 Å². The van der Waals surface area contributed by atoms with Crippen LogP contribution in [0.1, 0.15) is 40.0 Å². The third kappa shape index (κ3) is 3.71. The molecule has 4 rings (SSSR count). The molecule has 4 heterocycles. The monoisotopic (exact) mass is 459 g/mol. The van der Waals surface area contributed by atoms with Crippen LogP contribution in [-0.2, 0) is 19.1 Å². The maximum atomic E-state index is 14.0. The quantitative estimate of drug-likeness (QED) is 0.456. The predicted octanol–water partition coefficient (Wildman–Crippen LogP) is 1.20. The van der Waals surface area contributed by atoms with Gasteiger partial charge in [0.25, 0.3) is 0 Å². The zero-order valence-electron chi connectivity index (χ0n) is 20.1. The lowest BCUT2D eigenvalue weighted by atomic mass is 9.77. The highest BCUT2D eigenvalue weighted by Gasteiger charge is 2.72. The largest absolute Gasteiger partial charge is 0.394 e. The Labute approximate surface area is 196 Å². The Morgan fingerprint density at radius 1 is 1.12 bits per heavy atom. The van der Waals surface area contributed by atoms with Crippen LogP contribution in [0.4, 0.5) is 0 Å². The highest BCUT2D eigenvalue weighted by molar-refractivity contribution is 6.00. The lowest BCUT2D eigenvalue weighted by Gasteiger charge is -2.39. The molecule has 4 aliphatic rings. The maximum Gasteiger partial charge on any atom is 0.249 e. The molecule has 0 bridgehead atoms. The van der Waals surface area contributed by atoms with Crippen LogP contribution in [0.15, 0.2) is 24.3 Å². The summed E-state index contributed by atoms with van der Waals surface area (Å²) in [6.45, 7) is 7.25. The normalized spacial score (nSPS) is 34.5. The molecular weight excluding hydrogens is 422 g/mol. The van der Waals surface area contributed by atoms with Crippen LogP contribution in [0.5, 0.6) is 0 Å². The van der Waals surface area contributed by atoms with Gasteiger partial charge in [0.05, 0.1) is 30.6 Å². The van der Waals surface area contributed by atoms with E-state index in [0.29, 0.717) is 19.6 Å². The standard InChI is InChI=1S/C25H37N3O5/c1-5-6-7-13-27-14-9-11-25-20(19-18(33-25)10-8-12-26(4)22(19)30)23(31)28(21(25)24(27)32)17(15-29)16(2)3/h8-11,16-21,29H,5-7,12-15H2,1-4H3/t17-,18+,19-,20-,21?,25-/m0/s1. The van der Waals surface area contributed by atoms with E-state index in [9.17, 15) is 19.5 Å². The van der Waals surface area contributed by atoms with Crippen molar-refractivity contribution in [2.45, 2.75) is 63.8 Å². The van der Waals surface area contributed by atoms with E-state index in [2.05, 4.69) is 6.92 Å². The molecule has 182 valence electrons. The summed E-state index contributed by atoms with van der Waals surface area (Å²) in [7, 11) is 1.73. The first-order valence-electron chi connectivity index (χ1n) is 12.3. The molecule has 1 unspecified atom stereocenters.